The number of carbonyl (C=O) groups excluding carboxylic acids is 1. The van der Waals surface area contributed by atoms with Crippen LogP contribution in [0.2, 0.25) is 5.02 Å². The first-order valence-electron chi connectivity index (χ1n) is 11.6. The van der Waals surface area contributed by atoms with Crippen LogP contribution in [0.3, 0.4) is 0 Å². The van der Waals surface area contributed by atoms with E-state index < -0.39 is 10.0 Å². The van der Waals surface area contributed by atoms with Crippen molar-refractivity contribution in [2.75, 3.05) is 19.7 Å². The molecule has 0 saturated carbocycles. The lowest BCUT2D eigenvalue weighted by molar-refractivity contribution is -0.131. The maximum absolute atomic E-state index is 13.3. The Kier molecular flexibility index (Phi) is 12.0. The van der Waals surface area contributed by atoms with Gasteiger partial charge in [-0.05, 0) is 62.2 Å². The summed E-state index contributed by atoms with van der Waals surface area (Å²) in [6.07, 6.45) is 7.84. The van der Waals surface area contributed by atoms with Crippen molar-refractivity contribution in [2.24, 2.45) is 9.98 Å². The van der Waals surface area contributed by atoms with E-state index in [4.69, 9.17) is 22.8 Å². The Balaban J connectivity index is 2.26. The number of aliphatic imine (C=N–C) groups is 2. The third-order valence-electron chi connectivity index (χ3n) is 5.24. The molecule has 10 heteroatoms. The molecule has 1 N–H and O–H groups in total. The Bertz CT molecular complexity index is 1270. The van der Waals surface area contributed by atoms with Gasteiger partial charge < -0.3 is 9.64 Å². The first-order chi connectivity index (χ1) is 17.7. The number of hydrogen-bond acceptors (Lipinski definition) is 6. The highest BCUT2D eigenvalue weighted by molar-refractivity contribution is 7.89. The number of terminal acetylenes is 1. The molecule has 0 aliphatic rings. The average Bonchev–Trinajstić information content (AvgIpc) is 2.89. The first-order valence-corrected chi connectivity index (χ1v) is 13.4. The third kappa shape index (κ3) is 9.50. The summed E-state index contributed by atoms with van der Waals surface area (Å²) in [5.41, 5.74) is 2.02. The van der Waals surface area contributed by atoms with Gasteiger partial charge in [0, 0.05) is 29.9 Å². The van der Waals surface area contributed by atoms with Crippen molar-refractivity contribution < 1.29 is 17.9 Å². The fraction of sp³-hybridized carbons (Fsp3) is 0.296. The molecule has 37 heavy (non-hydrogen) atoms. The second-order valence-corrected chi connectivity index (χ2v) is 10.2. The molecule has 0 saturated heterocycles. The zero-order valence-corrected chi connectivity index (χ0v) is 22.4. The van der Waals surface area contributed by atoms with Crippen molar-refractivity contribution in [1.29, 1.82) is 0 Å². The van der Waals surface area contributed by atoms with Crippen LogP contribution in [-0.4, -0.2) is 52.4 Å². The fourth-order valence-corrected chi connectivity index (χ4v) is 4.48. The highest BCUT2D eigenvalue weighted by atomic mass is 35.5. The van der Waals surface area contributed by atoms with Gasteiger partial charge in [0.1, 0.15) is 5.75 Å². The Hall–Kier alpha value is -3.45. The van der Waals surface area contributed by atoms with E-state index in [1.54, 1.807) is 35.2 Å². The van der Waals surface area contributed by atoms with Crippen LogP contribution in [0.5, 0.6) is 5.75 Å². The molecule has 2 aromatic rings. The minimum absolute atomic E-state index is 0.00767. The number of amides is 1. The first kappa shape index (κ1) is 29.8. The van der Waals surface area contributed by atoms with Gasteiger partial charge >= 0.3 is 0 Å². The van der Waals surface area contributed by atoms with Gasteiger partial charge in [-0.25, -0.2) is 8.42 Å². The van der Waals surface area contributed by atoms with E-state index in [1.165, 1.54) is 18.3 Å². The maximum atomic E-state index is 13.3. The van der Waals surface area contributed by atoms with E-state index in [9.17, 15) is 13.2 Å². The maximum Gasteiger partial charge on any atom is 0.241 e. The number of ether oxygens (including phenoxy) is 1. The predicted octanol–water partition coefficient (Wildman–Crippen LogP) is 4.24. The van der Waals surface area contributed by atoms with Gasteiger partial charge in [0.2, 0.25) is 15.9 Å². The Morgan fingerprint density at radius 3 is 2.59 bits per heavy atom. The zero-order valence-electron chi connectivity index (χ0n) is 20.8. The molecule has 0 fully saturated rings. The van der Waals surface area contributed by atoms with Crippen molar-refractivity contribution in [3.63, 3.8) is 0 Å². The molecule has 2 aromatic carbocycles. The third-order valence-corrected chi connectivity index (χ3v) is 6.89. The van der Waals surface area contributed by atoms with E-state index in [-0.39, 0.29) is 30.3 Å². The van der Waals surface area contributed by atoms with E-state index in [2.05, 4.69) is 34.1 Å². The van der Waals surface area contributed by atoms with E-state index in [0.29, 0.717) is 36.0 Å². The summed E-state index contributed by atoms with van der Waals surface area (Å²) in [4.78, 5) is 22.6. The monoisotopic (exact) mass is 542 g/mol. The molecule has 0 heterocycles. The summed E-state index contributed by atoms with van der Waals surface area (Å²) in [5.74, 6) is 2.71. The molecule has 1 amide bonds. The summed E-state index contributed by atoms with van der Waals surface area (Å²) in [6.45, 7) is 9.97. The van der Waals surface area contributed by atoms with Crippen molar-refractivity contribution in [2.45, 2.75) is 37.6 Å². The van der Waals surface area contributed by atoms with Crippen LogP contribution in [0.25, 0.3) is 0 Å². The SMILES string of the molecule is C#CCNS(=O)(=O)c1ccc(CCN(Cc2cc(Cl)ccc2OCCC)C(=O)C/C(=C/N=C)N=C)cc1. The van der Waals surface area contributed by atoms with Crippen LogP contribution in [0.1, 0.15) is 30.9 Å². The molecule has 196 valence electrons. The molecule has 0 unspecified atom stereocenters. The topological polar surface area (TPSA) is 100 Å². The summed E-state index contributed by atoms with van der Waals surface area (Å²) in [5, 5.41) is 0.533. The number of halogens is 1. The van der Waals surface area contributed by atoms with Crippen LogP contribution in [0.15, 0.2) is 69.2 Å². The van der Waals surface area contributed by atoms with Crippen LogP contribution in [0, 0.1) is 12.3 Å². The Morgan fingerprint density at radius 2 is 1.97 bits per heavy atom. The molecule has 2 rings (SSSR count). The Morgan fingerprint density at radius 1 is 1.24 bits per heavy atom. The molecule has 8 nitrogen and oxygen atoms in total. The number of carbonyl (C=O) groups is 1. The smallest absolute Gasteiger partial charge is 0.241 e. The van der Waals surface area contributed by atoms with Crippen molar-refractivity contribution in [3.8, 4) is 18.1 Å². The lowest BCUT2D eigenvalue weighted by Gasteiger charge is -2.24. The highest BCUT2D eigenvalue weighted by Gasteiger charge is 2.19. The molecule has 0 aliphatic heterocycles. The molecule has 0 radical (unpaired) electrons. The zero-order chi connectivity index (χ0) is 27.3. The minimum Gasteiger partial charge on any atom is -0.493 e. The van der Waals surface area contributed by atoms with Gasteiger partial charge in [-0.2, -0.15) is 4.72 Å². The molecule has 0 bridgehead atoms. The van der Waals surface area contributed by atoms with Gasteiger partial charge in [0.05, 0.1) is 30.2 Å². The van der Waals surface area contributed by atoms with E-state index in [1.807, 2.05) is 6.92 Å². The summed E-state index contributed by atoms with van der Waals surface area (Å²) in [6, 6.07) is 11.7. The minimum atomic E-state index is -3.68. The predicted molar refractivity (Wildman–Crippen MR) is 149 cm³/mol. The van der Waals surface area contributed by atoms with Crippen LogP contribution in [-0.2, 0) is 27.8 Å². The molecule has 0 aromatic heterocycles. The molecule has 0 aliphatic carbocycles. The fourth-order valence-electron chi connectivity index (χ4n) is 3.36. The van der Waals surface area contributed by atoms with Gasteiger partial charge in [-0.3, -0.25) is 14.8 Å². The normalized spacial score (nSPS) is 11.4. The number of benzene rings is 2. The summed E-state index contributed by atoms with van der Waals surface area (Å²) in [7, 11) is -3.68. The number of nitrogens with zero attached hydrogens (tertiary/aromatic N) is 3. The van der Waals surface area contributed by atoms with Crippen LogP contribution >= 0.6 is 11.6 Å². The second-order valence-electron chi connectivity index (χ2n) is 7.98. The molecule has 0 atom stereocenters. The highest BCUT2D eigenvalue weighted by Crippen LogP contribution is 2.25. The number of rotatable bonds is 15. The molecular weight excluding hydrogens is 512 g/mol. The average molecular weight is 543 g/mol. The second kappa shape index (κ2) is 15.0. The number of sulfonamides is 1. The lowest BCUT2D eigenvalue weighted by Crippen LogP contribution is -2.32. The van der Waals surface area contributed by atoms with Crippen LogP contribution in [0.4, 0.5) is 0 Å². The molecule has 0 spiro atoms. The standard InChI is InChI=1S/C27H31ClN4O4S/c1-5-14-31-37(34,35)25-10-7-21(8-11-25)13-15-32(27(33)18-24(30-4)19-29-3)20-22-17-23(28)9-12-26(22)36-16-6-2/h1,7-12,17,19,31H,3-4,6,13-16,18,20H2,2H3/b24-19-. The van der Waals surface area contributed by atoms with E-state index >= 15 is 0 Å². The molecular formula is C27H31ClN4O4S. The van der Waals surface area contributed by atoms with Gasteiger partial charge in [-0.15, -0.1) is 6.42 Å². The van der Waals surface area contributed by atoms with Crippen molar-refractivity contribution in [1.82, 2.24) is 9.62 Å². The van der Waals surface area contributed by atoms with Gasteiger partial charge in [0.15, 0.2) is 0 Å². The number of nitrogens with one attached hydrogen (secondary N) is 1. The van der Waals surface area contributed by atoms with Gasteiger partial charge in [-0.1, -0.05) is 36.6 Å². The van der Waals surface area contributed by atoms with Gasteiger partial charge in [0.25, 0.3) is 0 Å². The quantitative estimate of drug-likeness (QED) is 0.268. The lowest BCUT2D eigenvalue weighted by atomic mass is 10.1. The Labute approximate surface area is 224 Å². The number of hydrogen-bond donors (Lipinski definition) is 1. The summed E-state index contributed by atoms with van der Waals surface area (Å²) < 4.78 is 32.7. The largest absolute Gasteiger partial charge is 0.493 e. The van der Waals surface area contributed by atoms with Crippen molar-refractivity contribution in [3.05, 3.63) is 70.5 Å². The van der Waals surface area contributed by atoms with E-state index in [0.717, 1.165) is 17.5 Å². The van der Waals surface area contributed by atoms with Crippen LogP contribution < -0.4 is 9.46 Å². The summed E-state index contributed by atoms with van der Waals surface area (Å²) >= 11 is 6.24. The van der Waals surface area contributed by atoms with Crippen molar-refractivity contribution >= 4 is 41.0 Å².